The van der Waals surface area contributed by atoms with Crippen LogP contribution in [0.1, 0.15) is 32.4 Å². The molecule has 0 aliphatic heterocycles. The maximum atomic E-state index is 11.5. The molecule has 2 aromatic rings. The third-order valence-electron chi connectivity index (χ3n) is 3.00. The van der Waals surface area contributed by atoms with Crippen molar-refractivity contribution in [2.24, 2.45) is 0 Å². The van der Waals surface area contributed by atoms with Crippen LogP contribution in [0.15, 0.2) is 28.7 Å². The zero-order chi connectivity index (χ0) is 13.9. The lowest BCUT2D eigenvalue weighted by Gasteiger charge is -2.05. The maximum absolute atomic E-state index is 11.5. The van der Waals surface area contributed by atoms with E-state index >= 15 is 0 Å². The molecule has 0 fully saturated rings. The number of benzene rings is 1. The molecule has 19 heavy (non-hydrogen) atoms. The SMILES string of the molecule is CCCCc1cc2cc(NS(=O)(=O)CC)ccc2o1. The topological polar surface area (TPSA) is 59.3 Å². The van der Waals surface area contributed by atoms with Crippen LogP contribution < -0.4 is 4.72 Å². The van der Waals surface area contributed by atoms with Gasteiger partial charge in [-0.3, -0.25) is 4.72 Å². The minimum atomic E-state index is -3.23. The molecule has 0 spiro atoms. The molecule has 1 aromatic heterocycles. The lowest BCUT2D eigenvalue weighted by atomic mass is 10.2. The molecule has 0 unspecified atom stereocenters. The van der Waals surface area contributed by atoms with E-state index in [4.69, 9.17) is 4.42 Å². The number of unbranched alkanes of at least 4 members (excludes halogenated alkanes) is 1. The summed E-state index contributed by atoms with van der Waals surface area (Å²) < 4.78 is 31.3. The monoisotopic (exact) mass is 281 g/mol. The average molecular weight is 281 g/mol. The number of furan rings is 1. The van der Waals surface area contributed by atoms with Gasteiger partial charge in [-0.25, -0.2) is 8.42 Å². The minimum absolute atomic E-state index is 0.0676. The van der Waals surface area contributed by atoms with Crippen LogP contribution in [0.4, 0.5) is 5.69 Å². The van der Waals surface area contributed by atoms with Crippen LogP contribution >= 0.6 is 0 Å². The van der Waals surface area contributed by atoms with Crippen LogP contribution in [0, 0.1) is 0 Å². The Balaban J connectivity index is 2.25. The van der Waals surface area contributed by atoms with E-state index in [2.05, 4.69) is 11.6 Å². The second kappa shape index (κ2) is 5.65. The second-order valence-electron chi connectivity index (χ2n) is 4.57. The van der Waals surface area contributed by atoms with Crippen molar-refractivity contribution in [2.75, 3.05) is 10.5 Å². The molecule has 1 heterocycles. The largest absolute Gasteiger partial charge is 0.461 e. The van der Waals surface area contributed by atoms with Crippen molar-refractivity contribution in [2.45, 2.75) is 33.1 Å². The van der Waals surface area contributed by atoms with E-state index in [1.54, 1.807) is 19.1 Å². The van der Waals surface area contributed by atoms with Gasteiger partial charge in [0.2, 0.25) is 10.0 Å². The van der Waals surface area contributed by atoms with Crippen molar-refractivity contribution >= 4 is 26.7 Å². The molecule has 104 valence electrons. The molecular formula is C14H19NO3S. The predicted molar refractivity (Wildman–Crippen MR) is 77.9 cm³/mol. The van der Waals surface area contributed by atoms with E-state index in [-0.39, 0.29) is 5.75 Å². The number of anilines is 1. The van der Waals surface area contributed by atoms with Crippen molar-refractivity contribution in [3.05, 3.63) is 30.0 Å². The molecule has 4 nitrogen and oxygen atoms in total. The smallest absolute Gasteiger partial charge is 0.232 e. The molecule has 0 amide bonds. The lowest BCUT2D eigenvalue weighted by molar-refractivity contribution is 0.536. The predicted octanol–water partition coefficient (Wildman–Crippen LogP) is 3.54. The quantitative estimate of drug-likeness (QED) is 0.881. The summed E-state index contributed by atoms with van der Waals surface area (Å²) in [4.78, 5) is 0. The maximum Gasteiger partial charge on any atom is 0.232 e. The van der Waals surface area contributed by atoms with Crippen LogP contribution in [-0.2, 0) is 16.4 Å². The highest BCUT2D eigenvalue weighted by molar-refractivity contribution is 7.92. The minimum Gasteiger partial charge on any atom is -0.461 e. The summed E-state index contributed by atoms with van der Waals surface area (Å²) in [6.07, 6.45) is 3.13. The van der Waals surface area contributed by atoms with Gasteiger partial charge in [-0.2, -0.15) is 0 Å². The highest BCUT2D eigenvalue weighted by atomic mass is 32.2. The molecule has 0 radical (unpaired) electrons. The molecule has 2 rings (SSSR count). The number of rotatable bonds is 6. The first-order chi connectivity index (χ1) is 9.04. The number of nitrogens with one attached hydrogen (secondary N) is 1. The molecule has 1 aromatic carbocycles. The van der Waals surface area contributed by atoms with Crippen molar-refractivity contribution in [3.8, 4) is 0 Å². The van der Waals surface area contributed by atoms with Crippen LogP contribution in [0.5, 0.6) is 0 Å². The Morgan fingerprint density at radius 1 is 1.21 bits per heavy atom. The molecule has 0 aliphatic carbocycles. The normalized spacial score (nSPS) is 11.9. The van der Waals surface area contributed by atoms with E-state index in [1.165, 1.54) is 0 Å². The Morgan fingerprint density at radius 2 is 2.00 bits per heavy atom. The van der Waals surface area contributed by atoms with Crippen molar-refractivity contribution < 1.29 is 12.8 Å². The van der Waals surface area contributed by atoms with E-state index in [9.17, 15) is 8.42 Å². The highest BCUT2D eigenvalue weighted by Crippen LogP contribution is 2.24. The van der Waals surface area contributed by atoms with Gasteiger partial charge in [0.25, 0.3) is 0 Å². The van der Waals surface area contributed by atoms with Gasteiger partial charge in [-0.15, -0.1) is 0 Å². The van der Waals surface area contributed by atoms with Gasteiger partial charge in [0, 0.05) is 17.5 Å². The Hall–Kier alpha value is -1.49. The first-order valence-electron chi connectivity index (χ1n) is 6.57. The molecule has 0 atom stereocenters. The Labute approximate surface area is 113 Å². The zero-order valence-corrected chi connectivity index (χ0v) is 12.1. The molecule has 0 saturated carbocycles. The van der Waals surface area contributed by atoms with Crippen molar-refractivity contribution in [1.29, 1.82) is 0 Å². The summed E-state index contributed by atoms with van der Waals surface area (Å²) in [5.41, 5.74) is 1.38. The Morgan fingerprint density at radius 3 is 2.68 bits per heavy atom. The fourth-order valence-electron chi connectivity index (χ4n) is 1.89. The molecule has 0 saturated heterocycles. The standard InChI is InChI=1S/C14H19NO3S/c1-3-5-6-13-10-11-9-12(7-8-14(11)18-13)15-19(16,17)4-2/h7-10,15H,3-6H2,1-2H3. The Bertz CT molecular complexity index is 658. The van der Waals surface area contributed by atoms with Crippen LogP contribution in [0.3, 0.4) is 0 Å². The Kier molecular flexibility index (Phi) is 4.14. The van der Waals surface area contributed by atoms with Gasteiger partial charge >= 0.3 is 0 Å². The van der Waals surface area contributed by atoms with Crippen molar-refractivity contribution in [3.63, 3.8) is 0 Å². The average Bonchev–Trinajstić information content (AvgIpc) is 2.78. The van der Waals surface area contributed by atoms with Gasteiger partial charge in [-0.1, -0.05) is 13.3 Å². The summed E-state index contributed by atoms with van der Waals surface area (Å²) in [5.74, 6) is 1.02. The second-order valence-corrected chi connectivity index (χ2v) is 6.59. The lowest BCUT2D eigenvalue weighted by Crippen LogP contribution is -2.14. The summed E-state index contributed by atoms with van der Waals surface area (Å²) in [7, 11) is -3.23. The molecular weight excluding hydrogens is 262 g/mol. The summed E-state index contributed by atoms with van der Waals surface area (Å²) >= 11 is 0. The number of hydrogen-bond donors (Lipinski definition) is 1. The molecule has 0 bridgehead atoms. The summed E-state index contributed by atoms with van der Waals surface area (Å²) in [6, 6.07) is 7.32. The van der Waals surface area contributed by atoms with Crippen molar-refractivity contribution in [1.82, 2.24) is 0 Å². The van der Waals surface area contributed by atoms with E-state index in [1.807, 2.05) is 12.1 Å². The van der Waals surface area contributed by atoms with Crippen LogP contribution in [0.25, 0.3) is 11.0 Å². The summed E-state index contributed by atoms with van der Waals surface area (Å²) in [5, 5.41) is 0.933. The first-order valence-corrected chi connectivity index (χ1v) is 8.22. The van der Waals surface area contributed by atoms with Gasteiger partial charge in [0.05, 0.1) is 5.75 Å². The molecule has 5 heteroatoms. The van der Waals surface area contributed by atoms with Gasteiger partial charge in [0.1, 0.15) is 11.3 Å². The number of aryl methyl sites for hydroxylation is 1. The first kappa shape index (κ1) is 13.9. The third-order valence-corrected chi connectivity index (χ3v) is 4.30. The number of fused-ring (bicyclic) bond motifs is 1. The number of hydrogen-bond acceptors (Lipinski definition) is 3. The van der Waals surface area contributed by atoms with Crippen LogP contribution in [-0.4, -0.2) is 14.2 Å². The van der Waals surface area contributed by atoms with Gasteiger partial charge in [-0.05, 0) is 37.6 Å². The highest BCUT2D eigenvalue weighted by Gasteiger charge is 2.09. The van der Waals surface area contributed by atoms with Gasteiger partial charge < -0.3 is 4.42 Å². The fraction of sp³-hybridized carbons (Fsp3) is 0.429. The van der Waals surface area contributed by atoms with Crippen LogP contribution in [0.2, 0.25) is 0 Å². The van der Waals surface area contributed by atoms with E-state index in [0.717, 1.165) is 36.0 Å². The summed E-state index contributed by atoms with van der Waals surface area (Å²) in [6.45, 7) is 3.75. The number of sulfonamides is 1. The fourth-order valence-corrected chi connectivity index (χ4v) is 2.52. The zero-order valence-electron chi connectivity index (χ0n) is 11.3. The van der Waals surface area contributed by atoms with E-state index < -0.39 is 10.0 Å². The molecule has 0 aliphatic rings. The molecule has 1 N–H and O–H groups in total. The van der Waals surface area contributed by atoms with E-state index in [0.29, 0.717) is 5.69 Å². The van der Waals surface area contributed by atoms with Gasteiger partial charge in [0.15, 0.2) is 0 Å². The third kappa shape index (κ3) is 3.50.